The molecule has 2 rings (SSSR count). The number of carbonyl (C=O) groups excluding carboxylic acids is 1. The van der Waals surface area contributed by atoms with Crippen LogP contribution in [-0.2, 0) is 16.0 Å². The molecule has 144 valence electrons. The van der Waals surface area contributed by atoms with Crippen LogP contribution in [0.5, 0.6) is 5.75 Å². The van der Waals surface area contributed by atoms with Gasteiger partial charge in [-0.2, -0.15) is 0 Å². The molecular weight excluding hydrogens is 324 g/mol. The van der Waals surface area contributed by atoms with E-state index >= 15 is 0 Å². The molecule has 26 heavy (non-hydrogen) atoms. The molecule has 1 aliphatic rings. The van der Waals surface area contributed by atoms with Crippen LogP contribution in [0.4, 0.5) is 0 Å². The monoisotopic (exact) mass is 358 g/mol. The first-order valence-corrected chi connectivity index (χ1v) is 10.3. The summed E-state index contributed by atoms with van der Waals surface area (Å²) in [7, 11) is 0. The van der Waals surface area contributed by atoms with Crippen molar-refractivity contribution < 1.29 is 14.3 Å². The fourth-order valence-corrected chi connectivity index (χ4v) is 3.42. The zero-order valence-electron chi connectivity index (χ0n) is 16.3. The minimum atomic E-state index is -0.410. The summed E-state index contributed by atoms with van der Waals surface area (Å²) in [6, 6.07) is 7.71. The molecule has 1 aromatic carbocycles. The van der Waals surface area contributed by atoms with Gasteiger partial charge in [-0.05, 0) is 30.9 Å². The molecule has 3 heteroatoms. The number of rotatable bonds is 14. The lowest BCUT2D eigenvalue weighted by Crippen LogP contribution is -2.06. The predicted octanol–water partition coefficient (Wildman–Crippen LogP) is 6.01. The normalized spacial score (nSPS) is 18.5. The van der Waals surface area contributed by atoms with Crippen LogP contribution < -0.4 is 4.74 Å². The number of carbonyl (C=O) groups is 1. The van der Waals surface area contributed by atoms with Gasteiger partial charge in [-0.3, -0.25) is 0 Å². The minimum Gasteiger partial charge on any atom is -0.423 e. The predicted molar refractivity (Wildman–Crippen MR) is 106 cm³/mol. The van der Waals surface area contributed by atoms with E-state index in [4.69, 9.17) is 9.47 Å². The van der Waals surface area contributed by atoms with Crippen LogP contribution in [0.25, 0.3) is 0 Å². The summed E-state index contributed by atoms with van der Waals surface area (Å²) in [6.45, 7) is 5.71. The average Bonchev–Trinajstić information content (AvgIpc) is 3.41. The number of hydrogen-bond donors (Lipinski definition) is 0. The van der Waals surface area contributed by atoms with Crippen LogP contribution in [0.1, 0.15) is 76.7 Å². The van der Waals surface area contributed by atoms with Crippen LogP contribution in [0.15, 0.2) is 36.9 Å². The van der Waals surface area contributed by atoms with E-state index in [1.807, 2.05) is 24.3 Å². The lowest BCUT2D eigenvalue weighted by molar-refractivity contribution is -0.129. The Bertz CT molecular complexity index is 552. The summed E-state index contributed by atoms with van der Waals surface area (Å²) in [6.07, 6.45) is 15.9. The van der Waals surface area contributed by atoms with Crippen molar-refractivity contribution in [1.82, 2.24) is 0 Å². The maximum absolute atomic E-state index is 11.4. The van der Waals surface area contributed by atoms with Crippen molar-refractivity contribution in [2.75, 3.05) is 0 Å². The third-order valence-electron chi connectivity index (χ3n) is 5.08. The number of aryl methyl sites for hydroxylation is 1. The third kappa shape index (κ3) is 7.74. The number of para-hydroxylation sites is 1. The maximum atomic E-state index is 11.4. The van der Waals surface area contributed by atoms with Gasteiger partial charge < -0.3 is 9.47 Å². The molecule has 1 aromatic rings. The summed E-state index contributed by atoms with van der Waals surface area (Å²) in [5, 5.41) is 0. The highest BCUT2D eigenvalue weighted by atomic mass is 16.6. The van der Waals surface area contributed by atoms with Gasteiger partial charge in [-0.25, -0.2) is 4.79 Å². The van der Waals surface area contributed by atoms with Gasteiger partial charge in [-0.15, -0.1) is 0 Å². The zero-order chi connectivity index (χ0) is 18.6. The van der Waals surface area contributed by atoms with Crippen molar-refractivity contribution in [3.8, 4) is 5.75 Å². The molecule has 0 spiro atoms. The topological polar surface area (TPSA) is 38.8 Å². The molecule has 1 saturated heterocycles. The first kappa shape index (κ1) is 20.7. The van der Waals surface area contributed by atoms with Crippen LogP contribution in [0.2, 0.25) is 0 Å². The minimum absolute atomic E-state index is 0.378. The lowest BCUT2D eigenvalue weighted by atomic mass is 10.0. The fourth-order valence-electron chi connectivity index (χ4n) is 3.42. The Balaban J connectivity index is 1.57. The van der Waals surface area contributed by atoms with Gasteiger partial charge in [0, 0.05) is 6.08 Å². The first-order chi connectivity index (χ1) is 12.7. The highest BCUT2D eigenvalue weighted by Crippen LogP contribution is 2.32. The molecule has 0 amide bonds. The Morgan fingerprint density at radius 1 is 1.04 bits per heavy atom. The number of hydrogen-bond acceptors (Lipinski definition) is 3. The molecule has 0 saturated carbocycles. The summed E-state index contributed by atoms with van der Waals surface area (Å²) >= 11 is 0. The van der Waals surface area contributed by atoms with Crippen molar-refractivity contribution in [2.24, 2.45) is 0 Å². The van der Waals surface area contributed by atoms with Gasteiger partial charge in [-0.1, -0.05) is 83.1 Å². The largest absolute Gasteiger partial charge is 0.423 e. The molecule has 0 aromatic heterocycles. The molecule has 0 radical (unpaired) electrons. The lowest BCUT2D eigenvalue weighted by Gasteiger charge is -2.07. The van der Waals surface area contributed by atoms with Crippen LogP contribution in [0, 0.1) is 0 Å². The maximum Gasteiger partial charge on any atom is 0.335 e. The number of unbranched alkanes of at least 4 members (excludes halogenated alkanes) is 7. The van der Waals surface area contributed by atoms with Crippen LogP contribution in [0.3, 0.4) is 0 Å². The second-order valence-electron chi connectivity index (χ2n) is 7.25. The summed E-state index contributed by atoms with van der Waals surface area (Å²) in [5.74, 6) is 0.227. The van der Waals surface area contributed by atoms with Crippen molar-refractivity contribution >= 4 is 5.97 Å². The second kappa shape index (κ2) is 11.9. The van der Waals surface area contributed by atoms with E-state index < -0.39 is 5.97 Å². The molecule has 0 N–H and O–H groups in total. The van der Waals surface area contributed by atoms with E-state index in [1.165, 1.54) is 63.9 Å². The van der Waals surface area contributed by atoms with Crippen LogP contribution >= 0.6 is 0 Å². The molecular formula is C23H34O3. The molecule has 1 fully saturated rings. The summed E-state index contributed by atoms with van der Waals surface area (Å²) in [4.78, 5) is 11.4. The molecule has 0 aliphatic carbocycles. The highest BCUT2D eigenvalue weighted by molar-refractivity contribution is 5.83. The zero-order valence-corrected chi connectivity index (χ0v) is 16.3. The van der Waals surface area contributed by atoms with Gasteiger partial charge in [0.25, 0.3) is 0 Å². The average molecular weight is 359 g/mol. The molecule has 1 heterocycles. The van der Waals surface area contributed by atoms with Gasteiger partial charge in [0.2, 0.25) is 0 Å². The van der Waals surface area contributed by atoms with Crippen molar-refractivity contribution in [1.29, 1.82) is 0 Å². The summed E-state index contributed by atoms with van der Waals surface area (Å²) < 4.78 is 11.1. The third-order valence-corrected chi connectivity index (χ3v) is 5.08. The number of benzene rings is 1. The number of esters is 1. The number of ether oxygens (including phenoxy) is 2. The SMILES string of the molecule is C=CC(=O)Oc1ccccc1CCC1OC1CCCCCCCCCC. The standard InChI is InChI=1S/C23H34O3/c1-3-5-6-7-8-9-10-11-16-21-22(25-21)18-17-19-14-12-13-15-20(19)26-23(24)4-2/h4,12-15,21-22H,2-3,5-11,16-18H2,1H3. The van der Waals surface area contributed by atoms with Crippen molar-refractivity contribution in [2.45, 2.75) is 89.8 Å². The Hall–Kier alpha value is -1.61. The van der Waals surface area contributed by atoms with Gasteiger partial charge in [0.1, 0.15) is 5.75 Å². The van der Waals surface area contributed by atoms with Crippen molar-refractivity contribution in [3.05, 3.63) is 42.5 Å². The van der Waals surface area contributed by atoms with Gasteiger partial charge in [0.15, 0.2) is 0 Å². The van der Waals surface area contributed by atoms with Gasteiger partial charge in [0.05, 0.1) is 12.2 Å². The van der Waals surface area contributed by atoms with Gasteiger partial charge >= 0.3 is 5.97 Å². The molecule has 1 aliphatic heterocycles. The van der Waals surface area contributed by atoms with E-state index in [-0.39, 0.29) is 0 Å². The smallest absolute Gasteiger partial charge is 0.335 e. The van der Waals surface area contributed by atoms with E-state index in [9.17, 15) is 4.79 Å². The summed E-state index contributed by atoms with van der Waals surface area (Å²) in [5.41, 5.74) is 1.06. The highest BCUT2D eigenvalue weighted by Gasteiger charge is 2.37. The van der Waals surface area contributed by atoms with E-state index in [1.54, 1.807) is 0 Å². The Morgan fingerprint density at radius 2 is 1.69 bits per heavy atom. The van der Waals surface area contributed by atoms with Crippen molar-refractivity contribution in [3.63, 3.8) is 0 Å². The first-order valence-electron chi connectivity index (χ1n) is 10.3. The van der Waals surface area contributed by atoms with Crippen LogP contribution in [-0.4, -0.2) is 18.2 Å². The Kier molecular flexibility index (Phi) is 9.47. The second-order valence-corrected chi connectivity index (χ2v) is 7.25. The quantitative estimate of drug-likeness (QED) is 0.134. The number of epoxide rings is 1. The fraction of sp³-hybridized carbons (Fsp3) is 0.609. The Morgan fingerprint density at radius 3 is 2.42 bits per heavy atom. The van der Waals surface area contributed by atoms with E-state index in [0.717, 1.165) is 18.4 Å². The van der Waals surface area contributed by atoms with E-state index in [0.29, 0.717) is 18.0 Å². The Labute approximate surface area is 158 Å². The molecule has 2 unspecified atom stereocenters. The molecule has 3 nitrogen and oxygen atoms in total. The van der Waals surface area contributed by atoms with E-state index in [2.05, 4.69) is 13.5 Å². The molecule has 0 bridgehead atoms. The molecule has 2 atom stereocenters.